The Labute approximate surface area is 91.5 Å². The Hall–Kier alpha value is -0.990. The number of aryl methyl sites for hydroxylation is 2. The standard InChI is InChI=1S/C12H22N2O/c1-3-5-7-9-14-10-11(8-6-4-2)13-12(14)15/h10H,3-9H2,1-2H3,(H,13,15). The summed E-state index contributed by atoms with van der Waals surface area (Å²) in [6, 6.07) is 0. The fourth-order valence-electron chi connectivity index (χ4n) is 1.68. The second-order valence-electron chi connectivity index (χ2n) is 4.09. The molecule has 0 unspecified atom stereocenters. The van der Waals surface area contributed by atoms with Crippen molar-refractivity contribution in [2.75, 3.05) is 0 Å². The molecule has 0 aliphatic carbocycles. The van der Waals surface area contributed by atoms with Crippen molar-refractivity contribution in [1.82, 2.24) is 9.55 Å². The molecule has 0 atom stereocenters. The molecule has 0 aromatic carbocycles. The van der Waals surface area contributed by atoms with Gasteiger partial charge in [-0.3, -0.25) is 4.57 Å². The third-order valence-corrected chi connectivity index (χ3v) is 2.64. The normalized spacial score (nSPS) is 10.8. The predicted octanol–water partition coefficient (Wildman–Crippen LogP) is 2.71. The summed E-state index contributed by atoms with van der Waals surface area (Å²) in [7, 11) is 0. The fraction of sp³-hybridized carbons (Fsp3) is 0.750. The number of unbranched alkanes of at least 4 members (excludes halogenated alkanes) is 3. The third-order valence-electron chi connectivity index (χ3n) is 2.64. The van der Waals surface area contributed by atoms with Crippen LogP contribution in [0.15, 0.2) is 11.0 Å². The quantitative estimate of drug-likeness (QED) is 0.690. The number of aromatic amines is 1. The highest BCUT2D eigenvalue weighted by Crippen LogP contribution is 2.01. The number of rotatable bonds is 7. The Kier molecular flexibility index (Phi) is 5.22. The monoisotopic (exact) mass is 210 g/mol. The van der Waals surface area contributed by atoms with Gasteiger partial charge in [-0.25, -0.2) is 4.79 Å². The van der Waals surface area contributed by atoms with Crippen LogP contribution in [0.25, 0.3) is 0 Å². The molecule has 3 nitrogen and oxygen atoms in total. The highest BCUT2D eigenvalue weighted by molar-refractivity contribution is 4.96. The van der Waals surface area contributed by atoms with E-state index in [2.05, 4.69) is 18.8 Å². The second kappa shape index (κ2) is 6.49. The van der Waals surface area contributed by atoms with Crippen molar-refractivity contribution in [2.24, 2.45) is 0 Å². The largest absolute Gasteiger partial charge is 0.325 e. The van der Waals surface area contributed by atoms with E-state index in [1.807, 2.05) is 6.20 Å². The molecule has 1 heterocycles. The van der Waals surface area contributed by atoms with Crippen LogP contribution in [0.5, 0.6) is 0 Å². The van der Waals surface area contributed by atoms with Crippen molar-refractivity contribution in [3.05, 3.63) is 22.4 Å². The molecular formula is C12H22N2O. The Morgan fingerprint density at radius 1 is 1.20 bits per heavy atom. The maximum Gasteiger partial charge on any atom is 0.325 e. The van der Waals surface area contributed by atoms with Gasteiger partial charge in [-0.1, -0.05) is 33.1 Å². The average Bonchev–Trinajstić information content (AvgIpc) is 2.57. The average molecular weight is 210 g/mol. The first kappa shape index (κ1) is 12.1. The summed E-state index contributed by atoms with van der Waals surface area (Å²) in [6.45, 7) is 5.19. The summed E-state index contributed by atoms with van der Waals surface area (Å²) >= 11 is 0. The van der Waals surface area contributed by atoms with Crippen molar-refractivity contribution in [3.63, 3.8) is 0 Å². The summed E-state index contributed by atoms with van der Waals surface area (Å²) in [4.78, 5) is 14.4. The van der Waals surface area contributed by atoms with E-state index in [1.165, 1.54) is 19.3 Å². The van der Waals surface area contributed by atoms with Gasteiger partial charge in [0.1, 0.15) is 0 Å². The van der Waals surface area contributed by atoms with Crippen LogP contribution >= 0.6 is 0 Å². The molecule has 1 rings (SSSR count). The van der Waals surface area contributed by atoms with Gasteiger partial charge < -0.3 is 4.98 Å². The van der Waals surface area contributed by atoms with Crippen LogP contribution in [-0.4, -0.2) is 9.55 Å². The van der Waals surface area contributed by atoms with Crippen LogP contribution in [0, 0.1) is 0 Å². The van der Waals surface area contributed by atoms with Crippen LogP contribution in [0.1, 0.15) is 51.6 Å². The lowest BCUT2D eigenvalue weighted by Crippen LogP contribution is -2.16. The van der Waals surface area contributed by atoms with Crippen LogP contribution in [0.2, 0.25) is 0 Å². The minimum absolute atomic E-state index is 0.0530. The highest BCUT2D eigenvalue weighted by atomic mass is 16.1. The van der Waals surface area contributed by atoms with Crippen molar-refractivity contribution < 1.29 is 0 Å². The number of H-pyrrole nitrogens is 1. The number of aromatic nitrogens is 2. The van der Waals surface area contributed by atoms with Gasteiger partial charge in [-0.05, 0) is 19.3 Å². The van der Waals surface area contributed by atoms with Crippen molar-refractivity contribution >= 4 is 0 Å². The van der Waals surface area contributed by atoms with E-state index in [9.17, 15) is 4.79 Å². The molecule has 3 heteroatoms. The smallest absolute Gasteiger partial charge is 0.310 e. The van der Waals surface area contributed by atoms with E-state index >= 15 is 0 Å². The number of hydrogen-bond donors (Lipinski definition) is 1. The Morgan fingerprint density at radius 2 is 1.93 bits per heavy atom. The molecule has 0 amide bonds. The molecule has 1 aromatic heterocycles. The summed E-state index contributed by atoms with van der Waals surface area (Å²) < 4.78 is 1.81. The van der Waals surface area contributed by atoms with E-state index in [0.29, 0.717) is 0 Å². The van der Waals surface area contributed by atoms with Gasteiger partial charge >= 0.3 is 5.69 Å². The van der Waals surface area contributed by atoms with Crippen LogP contribution in [0.3, 0.4) is 0 Å². The summed E-state index contributed by atoms with van der Waals surface area (Å²) in [5, 5.41) is 0. The van der Waals surface area contributed by atoms with Crippen LogP contribution < -0.4 is 5.69 Å². The first-order chi connectivity index (χ1) is 7.27. The first-order valence-electron chi connectivity index (χ1n) is 6.06. The van der Waals surface area contributed by atoms with Gasteiger partial charge in [0.15, 0.2) is 0 Å². The molecule has 0 spiro atoms. The molecule has 0 aliphatic rings. The Morgan fingerprint density at radius 3 is 2.60 bits per heavy atom. The lowest BCUT2D eigenvalue weighted by atomic mass is 10.2. The van der Waals surface area contributed by atoms with Crippen molar-refractivity contribution in [2.45, 2.75) is 58.9 Å². The van der Waals surface area contributed by atoms with E-state index in [0.717, 1.165) is 31.5 Å². The molecule has 0 radical (unpaired) electrons. The molecule has 0 saturated carbocycles. The number of imidazole rings is 1. The van der Waals surface area contributed by atoms with Gasteiger partial charge in [-0.15, -0.1) is 0 Å². The van der Waals surface area contributed by atoms with Gasteiger partial charge in [-0.2, -0.15) is 0 Å². The van der Waals surface area contributed by atoms with Gasteiger partial charge in [0.2, 0.25) is 0 Å². The first-order valence-corrected chi connectivity index (χ1v) is 6.06. The third kappa shape index (κ3) is 3.94. The fourth-order valence-corrected chi connectivity index (χ4v) is 1.68. The van der Waals surface area contributed by atoms with Gasteiger partial charge in [0.05, 0.1) is 0 Å². The maximum atomic E-state index is 11.5. The van der Waals surface area contributed by atoms with Crippen LogP contribution in [-0.2, 0) is 13.0 Å². The summed E-state index contributed by atoms with van der Waals surface area (Å²) in [6.07, 6.45) is 8.78. The lowest BCUT2D eigenvalue weighted by molar-refractivity contribution is 0.588. The summed E-state index contributed by atoms with van der Waals surface area (Å²) in [5.41, 5.74) is 1.13. The van der Waals surface area contributed by atoms with E-state index in [1.54, 1.807) is 4.57 Å². The second-order valence-corrected chi connectivity index (χ2v) is 4.09. The predicted molar refractivity (Wildman–Crippen MR) is 63.2 cm³/mol. The number of nitrogens with one attached hydrogen (secondary N) is 1. The molecule has 0 bridgehead atoms. The molecule has 0 saturated heterocycles. The molecule has 86 valence electrons. The molecule has 1 N–H and O–H groups in total. The molecule has 0 aliphatic heterocycles. The number of hydrogen-bond acceptors (Lipinski definition) is 1. The number of nitrogens with zero attached hydrogens (tertiary/aromatic N) is 1. The molecule has 15 heavy (non-hydrogen) atoms. The molecule has 1 aromatic rings. The van der Waals surface area contributed by atoms with Crippen LogP contribution in [0.4, 0.5) is 0 Å². The zero-order valence-electron chi connectivity index (χ0n) is 9.88. The van der Waals surface area contributed by atoms with E-state index in [-0.39, 0.29) is 5.69 Å². The maximum absolute atomic E-state index is 11.5. The Balaban J connectivity index is 2.49. The zero-order valence-corrected chi connectivity index (χ0v) is 9.88. The minimum Gasteiger partial charge on any atom is -0.310 e. The minimum atomic E-state index is 0.0530. The topological polar surface area (TPSA) is 37.8 Å². The van der Waals surface area contributed by atoms with Gasteiger partial charge in [0, 0.05) is 18.4 Å². The van der Waals surface area contributed by atoms with Crippen molar-refractivity contribution in [1.29, 1.82) is 0 Å². The summed E-state index contributed by atoms with van der Waals surface area (Å²) in [5.74, 6) is 0. The van der Waals surface area contributed by atoms with Gasteiger partial charge in [0.25, 0.3) is 0 Å². The molecular weight excluding hydrogens is 188 g/mol. The highest BCUT2D eigenvalue weighted by Gasteiger charge is 2.01. The Bertz CT molecular complexity index is 325. The zero-order chi connectivity index (χ0) is 11.1. The van der Waals surface area contributed by atoms with E-state index in [4.69, 9.17) is 0 Å². The lowest BCUT2D eigenvalue weighted by Gasteiger charge is -1.98. The SMILES string of the molecule is CCCCCn1cc(CCCC)[nH]c1=O. The molecule has 0 fully saturated rings. The van der Waals surface area contributed by atoms with Crippen molar-refractivity contribution in [3.8, 4) is 0 Å². The van der Waals surface area contributed by atoms with E-state index < -0.39 is 0 Å².